The van der Waals surface area contributed by atoms with Crippen molar-refractivity contribution in [2.45, 2.75) is 12.8 Å². The fourth-order valence-corrected chi connectivity index (χ4v) is 4.23. The summed E-state index contributed by atoms with van der Waals surface area (Å²) >= 11 is 0. The van der Waals surface area contributed by atoms with E-state index < -0.39 is 12.1 Å². The van der Waals surface area contributed by atoms with Crippen LogP contribution in [-0.2, 0) is 9.53 Å². The molecule has 0 bridgehead atoms. The lowest BCUT2D eigenvalue weighted by Crippen LogP contribution is -2.29. The molecule has 0 aromatic heterocycles. The van der Waals surface area contributed by atoms with Gasteiger partial charge in [-0.2, -0.15) is 0 Å². The number of hydrogen-bond acceptors (Lipinski definition) is 4. The summed E-state index contributed by atoms with van der Waals surface area (Å²) in [5.74, 6) is -1.31. The second-order valence-electron chi connectivity index (χ2n) is 8.31. The molecule has 1 aliphatic rings. The SMILES string of the molecule is C/C(=C\CNC(=O)OCC1c2ccccc2-c2ccccc21)C(=O)N(C)c1ccc(C(=O)O)cc1. The van der Waals surface area contributed by atoms with Gasteiger partial charge in [-0.15, -0.1) is 0 Å². The molecule has 3 aromatic carbocycles. The van der Waals surface area contributed by atoms with Crippen LogP contribution in [0.2, 0.25) is 0 Å². The zero-order chi connectivity index (χ0) is 24.9. The third-order valence-corrected chi connectivity index (χ3v) is 6.14. The van der Waals surface area contributed by atoms with Gasteiger partial charge in [-0.05, 0) is 53.4 Å². The van der Waals surface area contributed by atoms with Crippen LogP contribution in [-0.4, -0.2) is 43.3 Å². The highest BCUT2D eigenvalue weighted by Crippen LogP contribution is 2.44. The Morgan fingerprint density at radius 1 is 0.943 bits per heavy atom. The largest absolute Gasteiger partial charge is 0.478 e. The van der Waals surface area contributed by atoms with Crippen molar-refractivity contribution in [3.8, 4) is 11.1 Å². The quantitative estimate of drug-likeness (QED) is 0.482. The summed E-state index contributed by atoms with van der Waals surface area (Å²) in [6.07, 6.45) is 1.06. The molecule has 0 aliphatic heterocycles. The van der Waals surface area contributed by atoms with E-state index in [4.69, 9.17) is 9.84 Å². The van der Waals surface area contributed by atoms with Gasteiger partial charge in [0.1, 0.15) is 6.61 Å². The number of nitrogens with one attached hydrogen (secondary N) is 1. The number of carboxylic acids is 1. The first kappa shape index (κ1) is 23.8. The number of nitrogens with zero attached hydrogens (tertiary/aromatic N) is 1. The van der Waals surface area contributed by atoms with E-state index in [-0.39, 0.29) is 30.5 Å². The Kier molecular flexibility index (Phi) is 6.96. The number of carbonyl (C=O) groups is 3. The number of alkyl carbamates (subject to hydrolysis) is 1. The molecule has 178 valence electrons. The molecule has 1 aliphatic carbocycles. The molecule has 3 aromatic rings. The van der Waals surface area contributed by atoms with Gasteiger partial charge >= 0.3 is 12.1 Å². The van der Waals surface area contributed by atoms with Gasteiger partial charge in [0.2, 0.25) is 0 Å². The Labute approximate surface area is 203 Å². The predicted molar refractivity (Wildman–Crippen MR) is 134 cm³/mol. The number of likely N-dealkylation sites (N-methyl/N-ethyl adjacent to an activating group) is 1. The molecular weight excluding hydrogens is 444 g/mol. The van der Waals surface area contributed by atoms with Crippen molar-refractivity contribution in [2.24, 2.45) is 0 Å². The number of carbonyl (C=O) groups excluding carboxylic acids is 2. The van der Waals surface area contributed by atoms with Gasteiger partial charge in [0, 0.05) is 30.8 Å². The van der Waals surface area contributed by atoms with Crippen molar-refractivity contribution in [2.75, 3.05) is 25.1 Å². The summed E-state index contributed by atoms with van der Waals surface area (Å²) in [5, 5.41) is 11.7. The molecule has 0 heterocycles. The van der Waals surface area contributed by atoms with Crippen molar-refractivity contribution >= 4 is 23.7 Å². The van der Waals surface area contributed by atoms with Gasteiger partial charge in [0.05, 0.1) is 5.56 Å². The highest BCUT2D eigenvalue weighted by Gasteiger charge is 2.28. The minimum absolute atomic E-state index is 0.0202. The van der Waals surface area contributed by atoms with Crippen molar-refractivity contribution < 1.29 is 24.2 Å². The zero-order valence-corrected chi connectivity index (χ0v) is 19.5. The molecule has 0 fully saturated rings. The Morgan fingerprint density at radius 3 is 2.09 bits per heavy atom. The van der Waals surface area contributed by atoms with Gasteiger partial charge in [-0.25, -0.2) is 9.59 Å². The summed E-state index contributed by atoms with van der Waals surface area (Å²) in [5.41, 5.74) is 5.76. The second-order valence-corrected chi connectivity index (χ2v) is 8.31. The molecule has 4 rings (SSSR count). The van der Waals surface area contributed by atoms with Gasteiger partial charge < -0.3 is 20.1 Å². The van der Waals surface area contributed by atoms with Gasteiger partial charge in [0.15, 0.2) is 0 Å². The topological polar surface area (TPSA) is 95.9 Å². The Bertz CT molecular complexity index is 1250. The predicted octanol–water partition coefficient (Wildman–Crippen LogP) is 4.83. The van der Waals surface area contributed by atoms with Crippen LogP contribution in [0.25, 0.3) is 11.1 Å². The number of ether oxygens (including phenoxy) is 1. The van der Waals surface area contributed by atoms with E-state index in [9.17, 15) is 14.4 Å². The maximum absolute atomic E-state index is 12.7. The fraction of sp³-hybridized carbons (Fsp3) is 0.179. The highest BCUT2D eigenvalue weighted by molar-refractivity contribution is 6.05. The average molecular weight is 471 g/mol. The number of fused-ring (bicyclic) bond motifs is 3. The molecule has 0 radical (unpaired) electrons. The number of hydrogen-bond donors (Lipinski definition) is 2. The molecule has 0 atom stereocenters. The molecule has 0 saturated carbocycles. The maximum Gasteiger partial charge on any atom is 0.407 e. The van der Waals surface area contributed by atoms with E-state index in [1.807, 2.05) is 24.3 Å². The van der Waals surface area contributed by atoms with Crippen LogP contribution in [0.4, 0.5) is 10.5 Å². The molecular formula is C28H26N2O5. The van der Waals surface area contributed by atoms with Crippen LogP contribution in [0.5, 0.6) is 0 Å². The number of rotatable bonds is 7. The van der Waals surface area contributed by atoms with Gasteiger partial charge in [0.25, 0.3) is 5.91 Å². The summed E-state index contributed by atoms with van der Waals surface area (Å²) in [7, 11) is 1.61. The smallest absolute Gasteiger partial charge is 0.407 e. The molecule has 7 heteroatoms. The number of aromatic carboxylic acids is 1. The molecule has 0 unspecified atom stereocenters. The molecule has 2 amide bonds. The minimum Gasteiger partial charge on any atom is -0.478 e. The number of amides is 2. The van der Waals surface area contributed by atoms with E-state index in [0.29, 0.717) is 11.3 Å². The Morgan fingerprint density at radius 2 is 1.51 bits per heavy atom. The van der Waals surface area contributed by atoms with Crippen molar-refractivity contribution in [1.82, 2.24) is 5.32 Å². The number of carboxylic acid groups (broad SMARTS) is 1. The number of benzene rings is 3. The first-order valence-corrected chi connectivity index (χ1v) is 11.2. The van der Waals surface area contributed by atoms with Crippen LogP contribution in [0.1, 0.15) is 34.3 Å². The standard InChI is InChI=1S/C28H26N2O5/c1-18(26(31)30(2)20-13-11-19(12-14-20)27(32)33)15-16-29-28(34)35-17-25-23-9-5-3-7-21(23)22-8-4-6-10-24(22)25/h3-15,25H,16-17H2,1-2H3,(H,29,34)(H,32,33)/b18-15+. The summed E-state index contributed by atoms with van der Waals surface area (Å²) in [6, 6.07) is 22.3. The van der Waals surface area contributed by atoms with Crippen LogP contribution in [0, 0.1) is 0 Å². The Balaban J connectivity index is 1.31. The van der Waals surface area contributed by atoms with Crippen molar-refractivity contribution in [3.05, 3.63) is 101 Å². The summed E-state index contributed by atoms with van der Waals surface area (Å²) < 4.78 is 5.51. The summed E-state index contributed by atoms with van der Waals surface area (Å²) in [6.45, 7) is 2.01. The molecule has 35 heavy (non-hydrogen) atoms. The van der Waals surface area contributed by atoms with Crippen LogP contribution >= 0.6 is 0 Å². The van der Waals surface area contributed by atoms with Crippen LogP contribution in [0.15, 0.2) is 84.4 Å². The van der Waals surface area contributed by atoms with E-state index >= 15 is 0 Å². The van der Waals surface area contributed by atoms with E-state index in [2.05, 4.69) is 29.6 Å². The average Bonchev–Trinajstić information content (AvgIpc) is 3.20. The molecule has 7 nitrogen and oxygen atoms in total. The maximum atomic E-state index is 12.7. The lowest BCUT2D eigenvalue weighted by molar-refractivity contribution is -0.114. The monoisotopic (exact) mass is 470 g/mol. The van der Waals surface area contributed by atoms with Gasteiger partial charge in [-0.1, -0.05) is 54.6 Å². The molecule has 2 N–H and O–H groups in total. The summed E-state index contributed by atoms with van der Waals surface area (Å²) in [4.78, 5) is 37.4. The molecule has 0 spiro atoms. The van der Waals surface area contributed by atoms with E-state index in [0.717, 1.165) is 22.3 Å². The van der Waals surface area contributed by atoms with Gasteiger partial charge in [-0.3, -0.25) is 4.79 Å². The lowest BCUT2D eigenvalue weighted by atomic mass is 9.98. The lowest BCUT2D eigenvalue weighted by Gasteiger charge is -2.18. The second kappa shape index (κ2) is 10.3. The van der Waals surface area contributed by atoms with E-state index in [1.54, 1.807) is 32.2 Å². The van der Waals surface area contributed by atoms with Crippen molar-refractivity contribution in [3.63, 3.8) is 0 Å². The van der Waals surface area contributed by atoms with Crippen LogP contribution in [0.3, 0.4) is 0 Å². The normalized spacial score (nSPS) is 12.5. The first-order chi connectivity index (χ1) is 16.9. The molecule has 0 saturated heterocycles. The van der Waals surface area contributed by atoms with Crippen LogP contribution < -0.4 is 10.2 Å². The van der Waals surface area contributed by atoms with Crippen molar-refractivity contribution in [1.29, 1.82) is 0 Å². The highest BCUT2D eigenvalue weighted by atomic mass is 16.5. The fourth-order valence-electron chi connectivity index (χ4n) is 4.23. The number of anilines is 1. The third kappa shape index (κ3) is 5.09. The zero-order valence-electron chi connectivity index (χ0n) is 19.5. The third-order valence-electron chi connectivity index (χ3n) is 6.14. The minimum atomic E-state index is -1.03. The Hall–Kier alpha value is -4.39. The first-order valence-electron chi connectivity index (χ1n) is 11.2. The van der Waals surface area contributed by atoms with E-state index in [1.165, 1.54) is 17.0 Å².